The van der Waals surface area contributed by atoms with Crippen molar-refractivity contribution < 1.29 is 0 Å². The Bertz CT molecular complexity index is 181. The molecular formula is C14H30N2. The van der Waals surface area contributed by atoms with Gasteiger partial charge in [0.15, 0.2) is 0 Å². The molecule has 1 saturated carbocycles. The predicted molar refractivity (Wildman–Crippen MR) is 71.8 cm³/mol. The molecule has 1 N–H and O–H groups in total. The van der Waals surface area contributed by atoms with E-state index >= 15 is 0 Å². The molecule has 1 rings (SSSR count). The second-order valence-corrected chi connectivity index (χ2v) is 5.62. The van der Waals surface area contributed by atoms with E-state index in [0.29, 0.717) is 5.41 Å². The molecule has 0 heterocycles. The van der Waals surface area contributed by atoms with Crippen molar-refractivity contribution in [1.29, 1.82) is 0 Å². The van der Waals surface area contributed by atoms with Crippen LogP contribution in [-0.4, -0.2) is 38.1 Å². The van der Waals surface area contributed by atoms with Crippen LogP contribution in [0.15, 0.2) is 0 Å². The topological polar surface area (TPSA) is 15.3 Å². The van der Waals surface area contributed by atoms with Crippen LogP contribution >= 0.6 is 0 Å². The highest BCUT2D eigenvalue weighted by atomic mass is 15.1. The van der Waals surface area contributed by atoms with Gasteiger partial charge in [-0.3, -0.25) is 0 Å². The molecule has 2 nitrogen and oxygen atoms in total. The summed E-state index contributed by atoms with van der Waals surface area (Å²) < 4.78 is 0. The molecule has 0 amide bonds. The van der Waals surface area contributed by atoms with Gasteiger partial charge >= 0.3 is 0 Å². The van der Waals surface area contributed by atoms with Gasteiger partial charge in [-0.1, -0.05) is 26.7 Å². The first-order valence-electron chi connectivity index (χ1n) is 7.02. The van der Waals surface area contributed by atoms with Crippen LogP contribution in [0.4, 0.5) is 0 Å². The lowest BCUT2D eigenvalue weighted by Crippen LogP contribution is -2.44. The summed E-state index contributed by atoms with van der Waals surface area (Å²) in [5, 5.41) is 3.40. The van der Waals surface area contributed by atoms with Crippen LogP contribution in [-0.2, 0) is 0 Å². The van der Waals surface area contributed by atoms with Gasteiger partial charge in [0.25, 0.3) is 0 Å². The van der Waals surface area contributed by atoms with Crippen molar-refractivity contribution in [3.8, 4) is 0 Å². The van der Waals surface area contributed by atoms with E-state index in [1.807, 2.05) is 0 Å². The van der Waals surface area contributed by atoms with Crippen molar-refractivity contribution in [1.82, 2.24) is 10.2 Å². The van der Waals surface area contributed by atoms with Crippen molar-refractivity contribution in [2.45, 2.75) is 58.4 Å². The second-order valence-electron chi connectivity index (χ2n) is 5.62. The van der Waals surface area contributed by atoms with Gasteiger partial charge in [0, 0.05) is 19.1 Å². The quantitative estimate of drug-likeness (QED) is 0.718. The highest BCUT2D eigenvalue weighted by molar-refractivity contribution is 4.89. The van der Waals surface area contributed by atoms with E-state index in [1.165, 1.54) is 51.6 Å². The number of rotatable bonds is 7. The van der Waals surface area contributed by atoms with Gasteiger partial charge in [0.2, 0.25) is 0 Å². The molecule has 1 aliphatic carbocycles. The number of nitrogens with one attached hydrogen (secondary N) is 1. The van der Waals surface area contributed by atoms with Crippen LogP contribution in [0.3, 0.4) is 0 Å². The average Bonchev–Trinajstić information content (AvgIpc) is 2.69. The molecule has 1 aliphatic rings. The first-order chi connectivity index (χ1) is 7.67. The zero-order chi connectivity index (χ0) is 12.0. The minimum absolute atomic E-state index is 0.562. The molecule has 16 heavy (non-hydrogen) atoms. The molecule has 0 aromatic rings. The third-order valence-electron chi connectivity index (χ3n) is 4.37. The molecular weight excluding hydrogens is 196 g/mol. The molecule has 0 aliphatic heterocycles. The predicted octanol–water partition coefficient (Wildman–Crippen LogP) is 2.89. The molecule has 0 spiro atoms. The average molecular weight is 226 g/mol. The van der Waals surface area contributed by atoms with E-state index in [-0.39, 0.29) is 0 Å². The summed E-state index contributed by atoms with van der Waals surface area (Å²) in [5.41, 5.74) is 0.562. The molecule has 2 heteroatoms. The van der Waals surface area contributed by atoms with E-state index in [0.717, 1.165) is 6.04 Å². The fourth-order valence-corrected chi connectivity index (χ4v) is 3.46. The Labute approximate surface area is 102 Å². The Balaban J connectivity index is 2.53. The molecule has 0 aromatic heterocycles. The maximum absolute atomic E-state index is 3.40. The molecule has 0 unspecified atom stereocenters. The lowest BCUT2D eigenvalue weighted by molar-refractivity contribution is 0.131. The Morgan fingerprint density at radius 1 is 1.19 bits per heavy atom. The van der Waals surface area contributed by atoms with Crippen LogP contribution in [0.1, 0.15) is 52.4 Å². The number of hydrogen-bond acceptors (Lipinski definition) is 2. The highest BCUT2D eigenvalue weighted by Crippen LogP contribution is 2.38. The molecule has 0 saturated heterocycles. The molecule has 0 atom stereocenters. The van der Waals surface area contributed by atoms with Gasteiger partial charge in [-0.2, -0.15) is 0 Å². The molecule has 96 valence electrons. The Hall–Kier alpha value is -0.0800. The summed E-state index contributed by atoms with van der Waals surface area (Å²) in [4.78, 5) is 2.60. The number of hydrogen-bond donors (Lipinski definition) is 1. The zero-order valence-corrected chi connectivity index (χ0v) is 11.7. The summed E-state index contributed by atoms with van der Waals surface area (Å²) in [6.07, 6.45) is 8.25. The fourth-order valence-electron chi connectivity index (χ4n) is 3.46. The maximum atomic E-state index is 3.40. The van der Waals surface area contributed by atoms with Gasteiger partial charge < -0.3 is 10.2 Å². The van der Waals surface area contributed by atoms with Gasteiger partial charge in [-0.15, -0.1) is 0 Å². The summed E-state index contributed by atoms with van der Waals surface area (Å²) in [6.45, 7) is 7.09. The van der Waals surface area contributed by atoms with Gasteiger partial charge in [-0.05, 0) is 45.2 Å². The lowest BCUT2D eigenvalue weighted by Gasteiger charge is -2.37. The fraction of sp³-hybridized carbons (Fsp3) is 1.00. The summed E-state index contributed by atoms with van der Waals surface area (Å²) >= 11 is 0. The van der Waals surface area contributed by atoms with Crippen molar-refractivity contribution >= 4 is 0 Å². The van der Waals surface area contributed by atoms with E-state index in [1.54, 1.807) is 0 Å². The standard InChI is InChI=1S/C14H30N2/c1-5-13(6-2)16(4)12-14(11-15-3)9-7-8-10-14/h13,15H,5-12H2,1-4H3. The smallest absolute Gasteiger partial charge is 0.00872 e. The first kappa shape index (κ1) is 14.0. The van der Waals surface area contributed by atoms with E-state index < -0.39 is 0 Å². The largest absolute Gasteiger partial charge is 0.319 e. The van der Waals surface area contributed by atoms with Crippen molar-refractivity contribution in [2.75, 3.05) is 27.2 Å². The van der Waals surface area contributed by atoms with E-state index in [4.69, 9.17) is 0 Å². The highest BCUT2D eigenvalue weighted by Gasteiger charge is 2.34. The minimum Gasteiger partial charge on any atom is -0.319 e. The second kappa shape index (κ2) is 6.61. The van der Waals surface area contributed by atoms with Crippen LogP contribution in [0.5, 0.6) is 0 Å². The van der Waals surface area contributed by atoms with Gasteiger partial charge in [0.1, 0.15) is 0 Å². The summed E-state index contributed by atoms with van der Waals surface area (Å²) in [5.74, 6) is 0. The van der Waals surface area contributed by atoms with Crippen LogP contribution in [0.25, 0.3) is 0 Å². The third kappa shape index (κ3) is 3.46. The number of nitrogens with zero attached hydrogens (tertiary/aromatic N) is 1. The first-order valence-corrected chi connectivity index (χ1v) is 7.02. The monoisotopic (exact) mass is 226 g/mol. The minimum atomic E-state index is 0.562. The Morgan fingerprint density at radius 3 is 2.19 bits per heavy atom. The Morgan fingerprint density at radius 2 is 1.75 bits per heavy atom. The van der Waals surface area contributed by atoms with Crippen molar-refractivity contribution in [3.05, 3.63) is 0 Å². The molecule has 0 radical (unpaired) electrons. The summed E-state index contributed by atoms with van der Waals surface area (Å²) in [7, 11) is 4.41. The van der Waals surface area contributed by atoms with Crippen LogP contribution in [0.2, 0.25) is 0 Å². The SMILES string of the molecule is CCC(CC)N(C)CC1(CNC)CCCC1. The van der Waals surface area contributed by atoms with E-state index in [9.17, 15) is 0 Å². The van der Waals surface area contributed by atoms with Gasteiger partial charge in [-0.25, -0.2) is 0 Å². The Kier molecular flexibility index (Phi) is 5.77. The molecule has 1 fully saturated rings. The van der Waals surface area contributed by atoms with Gasteiger partial charge in [0.05, 0.1) is 0 Å². The lowest BCUT2D eigenvalue weighted by atomic mass is 9.85. The molecule has 0 bridgehead atoms. The van der Waals surface area contributed by atoms with E-state index in [2.05, 4.69) is 38.2 Å². The van der Waals surface area contributed by atoms with Crippen molar-refractivity contribution in [3.63, 3.8) is 0 Å². The maximum Gasteiger partial charge on any atom is 0.00872 e. The zero-order valence-electron chi connectivity index (χ0n) is 11.7. The van der Waals surface area contributed by atoms with Crippen molar-refractivity contribution in [2.24, 2.45) is 5.41 Å². The normalized spacial score (nSPS) is 19.9. The van der Waals surface area contributed by atoms with Crippen LogP contribution in [0, 0.1) is 5.41 Å². The third-order valence-corrected chi connectivity index (χ3v) is 4.37. The molecule has 0 aromatic carbocycles. The van der Waals surface area contributed by atoms with Crippen LogP contribution < -0.4 is 5.32 Å². The summed E-state index contributed by atoms with van der Waals surface area (Å²) in [6, 6.07) is 0.773.